The highest BCUT2D eigenvalue weighted by atomic mass is 16.5. The van der Waals surface area contributed by atoms with E-state index in [1.54, 1.807) is 0 Å². The summed E-state index contributed by atoms with van der Waals surface area (Å²) in [6, 6.07) is 6.04. The van der Waals surface area contributed by atoms with E-state index in [1.165, 1.54) is 25.7 Å². The first kappa shape index (κ1) is 16.1. The second kappa shape index (κ2) is 7.68. The summed E-state index contributed by atoms with van der Waals surface area (Å²) in [5.41, 5.74) is 1.08. The zero-order valence-electron chi connectivity index (χ0n) is 14.1. The lowest BCUT2D eigenvalue weighted by atomic mass is 10.1. The van der Waals surface area contributed by atoms with Crippen LogP contribution in [0.5, 0.6) is 0 Å². The minimum Gasteiger partial charge on any atom is -0.339 e. The van der Waals surface area contributed by atoms with Crippen molar-refractivity contribution in [1.29, 1.82) is 0 Å². The van der Waals surface area contributed by atoms with Gasteiger partial charge in [-0.2, -0.15) is 4.98 Å². The molecule has 0 bridgehead atoms. The molecule has 5 heteroatoms. The average Bonchev–Trinajstić information content (AvgIpc) is 3.18. The summed E-state index contributed by atoms with van der Waals surface area (Å²) in [5, 5.41) is 4.20. The van der Waals surface area contributed by atoms with Gasteiger partial charge in [0.25, 0.3) is 0 Å². The van der Waals surface area contributed by atoms with Gasteiger partial charge in [0, 0.05) is 25.2 Å². The molecule has 0 aromatic carbocycles. The molecule has 0 unspecified atom stereocenters. The van der Waals surface area contributed by atoms with Crippen LogP contribution in [0.3, 0.4) is 0 Å². The van der Waals surface area contributed by atoms with Crippen molar-refractivity contribution in [1.82, 2.24) is 20.0 Å². The van der Waals surface area contributed by atoms with Crippen molar-refractivity contribution in [2.75, 3.05) is 6.54 Å². The van der Waals surface area contributed by atoms with Crippen LogP contribution >= 0.6 is 0 Å². The topological polar surface area (TPSA) is 55.1 Å². The molecule has 3 rings (SSSR count). The van der Waals surface area contributed by atoms with Gasteiger partial charge in [0.2, 0.25) is 5.89 Å². The monoisotopic (exact) mass is 314 g/mol. The third-order valence-electron chi connectivity index (χ3n) is 4.29. The predicted molar refractivity (Wildman–Crippen MR) is 88.7 cm³/mol. The minimum absolute atomic E-state index is 0.477. The fraction of sp³-hybridized carbons (Fsp3) is 0.611. The van der Waals surface area contributed by atoms with Gasteiger partial charge >= 0.3 is 0 Å². The summed E-state index contributed by atoms with van der Waals surface area (Å²) < 4.78 is 5.50. The van der Waals surface area contributed by atoms with Gasteiger partial charge in [-0.3, -0.25) is 9.88 Å². The van der Waals surface area contributed by atoms with Crippen LogP contribution in [-0.4, -0.2) is 26.6 Å². The molecule has 5 nitrogen and oxygen atoms in total. The Hall–Kier alpha value is -1.75. The molecule has 1 fully saturated rings. The molecule has 0 aliphatic heterocycles. The molecule has 124 valence electrons. The van der Waals surface area contributed by atoms with Crippen molar-refractivity contribution in [2.24, 2.45) is 5.92 Å². The van der Waals surface area contributed by atoms with Gasteiger partial charge in [-0.25, -0.2) is 0 Å². The Morgan fingerprint density at radius 3 is 2.74 bits per heavy atom. The smallest absolute Gasteiger partial charge is 0.229 e. The van der Waals surface area contributed by atoms with E-state index in [0.717, 1.165) is 30.5 Å². The zero-order valence-corrected chi connectivity index (χ0v) is 14.1. The molecule has 0 amide bonds. The van der Waals surface area contributed by atoms with Gasteiger partial charge in [0.15, 0.2) is 5.82 Å². The summed E-state index contributed by atoms with van der Waals surface area (Å²) in [4.78, 5) is 11.4. The molecule has 0 spiro atoms. The first-order chi connectivity index (χ1) is 11.2. The fourth-order valence-corrected chi connectivity index (χ4v) is 3.29. The Bertz CT molecular complexity index is 590. The maximum absolute atomic E-state index is 5.50. The third kappa shape index (κ3) is 4.61. The number of aromatic nitrogens is 3. The molecule has 1 aliphatic carbocycles. The summed E-state index contributed by atoms with van der Waals surface area (Å²) >= 11 is 0. The van der Waals surface area contributed by atoms with Gasteiger partial charge in [-0.1, -0.05) is 37.9 Å². The lowest BCUT2D eigenvalue weighted by Gasteiger charge is -2.22. The van der Waals surface area contributed by atoms with E-state index < -0.39 is 0 Å². The fourth-order valence-electron chi connectivity index (χ4n) is 3.29. The van der Waals surface area contributed by atoms with Crippen LogP contribution in [0, 0.1) is 5.92 Å². The molecule has 1 aliphatic rings. The second-order valence-electron chi connectivity index (χ2n) is 6.91. The Balaban J connectivity index is 1.65. The van der Waals surface area contributed by atoms with Gasteiger partial charge in [-0.15, -0.1) is 0 Å². The van der Waals surface area contributed by atoms with Crippen molar-refractivity contribution in [3.8, 4) is 0 Å². The second-order valence-corrected chi connectivity index (χ2v) is 6.91. The van der Waals surface area contributed by atoms with E-state index >= 15 is 0 Å². The molecule has 23 heavy (non-hydrogen) atoms. The van der Waals surface area contributed by atoms with E-state index in [1.807, 2.05) is 18.3 Å². The molecule has 0 radical (unpaired) electrons. The van der Waals surface area contributed by atoms with Gasteiger partial charge in [-0.05, 0) is 30.9 Å². The number of nitrogens with zero attached hydrogens (tertiary/aromatic N) is 4. The van der Waals surface area contributed by atoms with Gasteiger partial charge in [0.1, 0.15) is 0 Å². The van der Waals surface area contributed by atoms with Crippen molar-refractivity contribution >= 4 is 0 Å². The van der Waals surface area contributed by atoms with Crippen molar-refractivity contribution < 1.29 is 4.52 Å². The van der Waals surface area contributed by atoms with Crippen LogP contribution < -0.4 is 0 Å². The lowest BCUT2D eigenvalue weighted by Crippen LogP contribution is -2.27. The average molecular weight is 314 g/mol. The predicted octanol–water partition coefficient (Wildman–Crippen LogP) is 3.78. The minimum atomic E-state index is 0.477. The van der Waals surface area contributed by atoms with Crippen molar-refractivity contribution in [3.63, 3.8) is 0 Å². The lowest BCUT2D eigenvalue weighted by molar-refractivity contribution is 0.216. The Morgan fingerprint density at radius 1 is 1.22 bits per heavy atom. The van der Waals surface area contributed by atoms with Crippen LogP contribution in [-0.2, 0) is 13.1 Å². The molecule has 1 saturated carbocycles. The quantitative estimate of drug-likeness (QED) is 0.778. The molecule has 0 atom stereocenters. The molecule has 2 heterocycles. The largest absolute Gasteiger partial charge is 0.339 e. The number of hydrogen-bond acceptors (Lipinski definition) is 5. The maximum atomic E-state index is 5.50. The van der Waals surface area contributed by atoms with Crippen LogP contribution in [0.15, 0.2) is 28.9 Å². The van der Waals surface area contributed by atoms with Crippen LogP contribution in [0.2, 0.25) is 0 Å². The van der Waals surface area contributed by atoms with Crippen LogP contribution in [0.25, 0.3) is 0 Å². The Morgan fingerprint density at radius 2 is 2.04 bits per heavy atom. The SMILES string of the molecule is CC(C)CN(Cc1ccccn1)Cc1noc(C2CCCC2)n1. The third-order valence-corrected chi connectivity index (χ3v) is 4.29. The standard InChI is InChI=1S/C18H26N4O/c1-14(2)11-22(12-16-9-5-6-10-19-16)13-17-20-18(23-21-17)15-7-3-4-8-15/h5-6,9-10,14-15H,3-4,7-8,11-13H2,1-2H3. The normalized spacial score (nSPS) is 15.8. The van der Waals surface area contributed by atoms with Gasteiger partial charge < -0.3 is 4.52 Å². The Labute approximate surface area is 138 Å². The molecule has 2 aromatic heterocycles. The van der Waals surface area contributed by atoms with E-state index in [0.29, 0.717) is 18.4 Å². The van der Waals surface area contributed by atoms with Crippen molar-refractivity contribution in [2.45, 2.75) is 58.5 Å². The van der Waals surface area contributed by atoms with E-state index in [2.05, 4.69) is 39.9 Å². The van der Waals surface area contributed by atoms with E-state index in [4.69, 9.17) is 4.52 Å². The molecule has 2 aromatic rings. The number of pyridine rings is 1. The first-order valence-electron chi connectivity index (χ1n) is 8.65. The van der Waals surface area contributed by atoms with E-state index in [-0.39, 0.29) is 0 Å². The molecular formula is C18H26N4O. The zero-order chi connectivity index (χ0) is 16.1. The summed E-state index contributed by atoms with van der Waals surface area (Å²) in [7, 11) is 0. The Kier molecular flexibility index (Phi) is 5.39. The van der Waals surface area contributed by atoms with Crippen LogP contribution in [0.4, 0.5) is 0 Å². The highest BCUT2D eigenvalue weighted by Crippen LogP contribution is 2.32. The molecular weight excluding hydrogens is 288 g/mol. The number of hydrogen-bond donors (Lipinski definition) is 0. The summed E-state index contributed by atoms with van der Waals surface area (Å²) in [6.07, 6.45) is 6.77. The molecule has 0 N–H and O–H groups in total. The highest BCUT2D eigenvalue weighted by Gasteiger charge is 2.23. The van der Waals surface area contributed by atoms with Crippen LogP contribution in [0.1, 0.15) is 62.9 Å². The van der Waals surface area contributed by atoms with Crippen molar-refractivity contribution in [3.05, 3.63) is 41.8 Å². The first-order valence-corrected chi connectivity index (χ1v) is 8.65. The highest BCUT2D eigenvalue weighted by molar-refractivity contribution is 5.04. The van der Waals surface area contributed by atoms with E-state index in [9.17, 15) is 0 Å². The maximum Gasteiger partial charge on any atom is 0.229 e. The summed E-state index contributed by atoms with van der Waals surface area (Å²) in [5.74, 6) is 2.69. The number of rotatable bonds is 7. The summed E-state index contributed by atoms with van der Waals surface area (Å²) in [6.45, 7) is 6.97. The molecule has 0 saturated heterocycles. The van der Waals surface area contributed by atoms with Gasteiger partial charge in [0.05, 0.1) is 12.2 Å².